The highest BCUT2D eigenvalue weighted by Gasteiger charge is 2.52. The van der Waals surface area contributed by atoms with Crippen molar-refractivity contribution < 1.29 is 9.31 Å². The van der Waals surface area contributed by atoms with Crippen molar-refractivity contribution in [1.29, 1.82) is 0 Å². The minimum atomic E-state index is -0.358. The van der Waals surface area contributed by atoms with Crippen LogP contribution < -0.4 is 0 Å². The van der Waals surface area contributed by atoms with Crippen LogP contribution in [0.4, 0.5) is 0 Å². The molecule has 1 aromatic rings. The zero-order valence-corrected chi connectivity index (χ0v) is 14.9. The molecule has 0 atom stereocenters. The van der Waals surface area contributed by atoms with Crippen LogP contribution in [0.2, 0.25) is 5.02 Å². The zero-order valence-electron chi connectivity index (χ0n) is 13.2. The van der Waals surface area contributed by atoms with E-state index in [0.717, 1.165) is 21.6 Å². The standard InChI is InChI=1S/C16H22BClO2S/c1-11-8-12(6-7-14(11)18)9-13(10-21)17-19-15(2,3)16(4,5)20-17/h6-9,21H,10H2,1-5H3. The molecule has 1 aliphatic rings. The normalized spacial score (nSPS) is 20.9. The SMILES string of the molecule is Cc1cc(C=C(CS)B2OC(C)(C)C(C)(C)O2)ccc1Cl. The third-order valence-electron chi connectivity index (χ3n) is 4.27. The monoisotopic (exact) mass is 324 g/mol. The average molecular weight is 325 g/mol. The van der Waals surface area contributed by atoms with E-state index in [4.69, 9.17) is 20.9 Å². The number of halogens is 1. The Labute approximate surface area is 138 Å². The predicted molar refractivity (Wildman–Crippen MR) is 94.1 cm³/mol. The first-order valence-electron chi connectivity index (χ1n) is 7.09. The van der Waals surface area contributed by atoms with Crippen molar-refractivity contribution in [2.45, 2.75) is 45.8 Å². The molecule has 0 N–H and O–H groups in total. The van der Waals surface area contributed by atoms with Gasteiger partial charge in [0.1, 0.15) is 0 Å². The maximum absolute atomic E-state index is 6.08. The summed E-state index contributed by atoms with van der Waals surface area (Å²) in [5.74, 6) is 0.582. The molecular formula is C16H22BClO2S. The van der Waals surface area contributed by atoms with E-state index in [1.165, 1.54) is 0 Å². The summed E-state index contributed by atoms with van der Waals surface area (Å²) >= 11 is 10.5. The van der Waals surface area contributed by atoms with Crippen molar-refractivity contribution >= 4 is 37.4 Å². The second-order valence-corrected chi connectivity index (χ2v) is 7.20. The average Bonchev–Trinajstić information content (AvgIpc) is 2.59. The van der Waals surface area contributed by atoms with Gasteiger partial charge in [-0.1, -0.05) is 29.8 Å². The molecular weight excluding hydrogens is 303 g/mol. The van der Waals surface area contributed by atoms with E-state index in [1.807, 2.05) is 19.1 Å². The van der Waals surface area contributed by atoms with E-state index in [9.17, 15) is 0 Å². The molecule has 21 heavy (non-hydrogen) atoms. The van der Waals surface area contributed by atoms with Crippen LogP contribution in [0.5, 0.6) is 0 Å². The zero-order chi connectivity index (χ0) is 15.8. The van der Waals surface area contributed by atoms with Crippen LogP contribution in [0.3, 0.4) is 0 Å². The predicted octanol–water partition coefficient (Wildman–Crippen LogP) is 4.59. The van der Waals surface area contributed by atoms with Crippen LogP contribution in [-0.2, 0) is 9.31 Å². The van der Waals surface area contributed by atoms with Gasteiger partial charge in [0.05, 0.1) is 11.2 Å². The first kappa shape index (κ1) is 16.9. The molecule has 1 heterocycles. The summed E-state index contributed by atoms with van der Waals surface area (Å²) in [6.07, 6.45) is 2.07. The summed E-state index contributed by atoms with van der Waals surface area (Å²) < 4.78 is 12.2. The fraction of sp³-hybridized carbons (Fsp3) is 0.500. The Morgan fingerprint density at radius 2 is 1.81 bits per heavy atom. The number of hydrogen-bond acceptors (Lipinski definition) is 3. The van der Waals surface area contributed by atoms with Gasteiger partial charge in [-0.15, -0.1) is 0 Å². The van der Waals surface area contributed by atoms with E-state index >= 15 is 0 Å². The highest BCUT2D eigenvalue weighted by molar-refractivity contribution is 7.80. The quantitative estimate of drug-likeness (QED) is 0.647. The van der Waals surface area contributed by atoms with Gasteiger partial charge in [0.2, 0.25) is 0 Å². The Morgan fingerprint density at radius 3 is 2.29 bits per heavy atom. The molecule has 1 aromatic carbocycles. The summed E-state index contributed by atoms with van der Waals surface area (Å²) in [7, 11) is -0.358. The summed E-state index contributed by atoms with van der Waals surface area (Å²) in [6.45, 7) is 10.2. The molecule has 0 radical (unpaired) electrons. The van der Waals surface area contributed by atoms with E-state index in [0.29, 0.717) is 5.75 Å². The molecule has 0 aliphatic carbocycles. The molecule has 0 unspecified atom stereocenters. The van der Waals surface area contributed by atoms with E-state index in [2.05, 4.69) is 52.5 Å². The molecule has 1 fully saturated rings. The number of thiol groups is 1. The van der Waals surface area contributed by atoms with Crippen molar-refractivity contribution in [1.82, 2.24) is 0 Å². The topological polar surface area (TPSA) is 18.5 Å². The Bertz CT molecular complexity index is 553. The second-order valence-electron chi connectivity index (χ2n) is 6.47. The number of rotatable bonds is 3. The lowest BCUT2D eigenvalue weighted by atomic mass is 9.78. The molecule has 0 bridgehead atoms. The maximum atomic E-state index is 6.08. The number of aryl methyl sites for hydroxylation is 1. The smallest absolute Gasteiger partial charge is 0.400 e. The van der Waals surface area contributed by atoms with Crippen molar-refractivity contribution in [3.05, 3.63) is 39.8 Å². The summed E-state index contributed by atoms with van der Waals surface area (Å²) in [6, 6.07) is 5.95. The van der Waals surface area contributed by atoms with Crippen molar-refractivity contribution in [2.75, 3.05) is 5.75 Å². The van der Waals surface area contributed by atoms with Gasteiger partial charge in [0, 0.05) is 10.8 Å². The van der Waals surface area contributed by atoms with Gasteiger partial charge in [0.25, 0.3) is 0 Å². The van der Waals surface area contributed by atoms with Gasteiger partial charge in [0.15, 0.2) is 0 Å². The minimum absolute atomic E-state index is 0.338. The van der Waals surface area contributed by atoms with E-state index in [1.54, 1.807) is 0 Å². The molecule has 0 saturated carbocycles. The molecule has 114 valence electrons. The summed E-state index contributed by atoms with van der Waals surface area (Å²) in [4.78, 5) is 0. The van der Waals surface area contributed by atoms with Crippen molar-refractivity contribution in [2.24, 2.45) is 0 Å². The number of hydrogen-bond donors (Lipinski definition) is 1. The van der Waals surface area contributed by atoms with E-state index < -0.39 is 0 Å². The molecule has 0 amide bonds. The third-order valence-corrected chi connectivity index (χ3v) is 5.06. The highest BCUT2D eigenvalue weighted by Crippen LogP contribution is 2.39. The van der Waals surface area contributed by atoms with Crippen LogP contribution in [0.15, 0.2) is 23.7 Å². The number of benzene rings is 1. The van der Waals surface area contributed by atoms with Gasteiger partial charge in [-0.2, -0.15) is 12.6 Å². The Balaban J connectivity index is 2.28. The van der Waals surface area contributed by atoms with Crippen LogP contribution in [-0.4, -0.2) is 24.1 Å². The van der Waals surface area contributed by atoms with Gasteiger partial charge < -0.3 is 9.31 Å². The van der Waals surface area contributed by atoms with E-state index in [-0.39, 0.29) is 18.3 Å². The fourth-order valence-corrected chi connectivity index (χ4v) is 2.51. The highest BCUT2D eigenvalue weighted by atomic mass is 35.5. The van der Waals surface area contributed by atoms with Crippen LogP contribution >= 0.6 is 24.2 Å². The lowest BCUT2D eigenvalue weighted by Gasteiger charge is -2.32. The van der Waals surface area contributed by atoms with Gasteiger partial charge in [-0.25, -0.2) is 0 Å². The first-order valence-corrected chi connectivity index (χ1v) is 8.10. The first-order chi connectivity index (χ1) is 9.66. The molecule has 1 aliphatic heterocycles. The van der Waals surface area contributed by atoms with Crippen LogP contribution in [0, 0.1) is 6.92 Å². The molecule has 1 saturated heterocycles. The van der Waals surface area contributed by atoms with Crippen LogP contribution in [0.25, 0.3) is 6.08 Å². The second kappa shape index (κ2) is 6.00. The third kappa shape index (κ3) is 3.50. The van der Waals surface area contributed by atoms with Crippen molar-refractivity contribution in [3.63, 3.8) is 0 Å². The van der Waals surface area contributed by atoms with Gasteiger partial charge in [-0.3, -0.25) is 0 Å². The molecule has 2 rings (SSSR count). The summed E-state index contributed by atoms with van der Waals surface area (Å²) in [5.41, 5.74) is 2.47. The summed E-state index contributed by atoms with van der Waals surface area (Å²) in [5, 5.41) is 0.773. The fourth-order valence-electron chi connectivity index (χ4n) is 2.15. The van der Waals surface area contributed by atoms with Crippen LogP contribution in [0.1, 0.15) is 38.8 Å². The lowest BCUT2D eigenvalue weighted by Crippen LogP contribution is -2.41. The Kier molecular flexibility index (Phi) is 4.84. The molecule has 5 heteroatoms. The lowest BCUT2D eigenvalue weighted by molar-refractivity contribution is 0.00578. The maximum Gasteiger partial charge on any atom is 0.491 e. The van der Waals surface area contributed by atoms with Crippen molar-refractivity contribution in [3.8, 4) is 0 Å². The Morgan fingerprint density at radius 1 is 1.24 bits per heavy atom. The largest absolute Gasteiger partial charge is 0.491 e. The minimum Gasteiger partial charge on any atom is -0.400 e. The molecule has 2 nitrogen and oxygen atoms in total. The molecule has 0 aromatic heterocycles. The van der Waals surface area contributed by atoms with Gasteiger partial charge >= 0.3 is 7.12 Å². The van der Waals surface area contributed by atoms with Gasteiger partial charge in [-0.05, 0) is 57.3 Å². The Hall–Kier alpha value is -0.415. The molecule has 0 spiro atoms.